The van der Waals surface area contributed by atoms with Crippen molar-refractivity contribution < 1.29 is 9.53 Å². The molecule has 15 heavy (non-hydrogen) atoms. The number of hydrogen-bond acceptors (Lipinski definition) is 3. The normalized spacial score (nSPS) is 29.3. The highest BCUT2D eigenvalue weighted by Crippen LogP contribution is 2.32. The summed E-state index contributed by atoms with van der Waals surface area (Å²) in [7, 11) is 0. The number of carbonyl (C=O) groups excluding carboxylic acids is 1. The Hall–Kier alpha value is -1.35. The zero-order valence-electron chi connectivity index (χ0n) is 8.77. The first-order valence-corrected chi connectivity index (χ1v) is 5.14. The van der Waals surface area contributed by atoms with Crippen LogP contribution in [0.15, 0.2) is 30.3 Å². The maximum absolute atomic E-state index is 11.7. The van der Waals surface area contributed by atoms with Crippen LogP contribution in [0.2, 0.25) is 0 Å². The van der Waals surface area contributed by atoms with Crippen LogP contribution in [0.25, 0.3) is 0 Å². The van der Waals surface area contributed by atoms with Gasteiger partial charge in [0, 0.05) is 0 Å². The van der Waals surface area contributed by atoms with E-state index in [9.17, 15) is 4.79 Å². The highest BCUT2D eigenvalue weighted by molar-refractivity contribution is 5.89. The van der Waals surface area contributed by atoms with Crippen LogP contribution in [0.3, 0.4) is 0 Å². The molecular formula is C12H15NO2. The second kappa shape index (κ2) is 3.66. The van der Waals surface area contributed by atoms with Crippen molar-refractivity contribution >= 4 is 5.97 Å². The molecule has 1 fully saturated rings. The standard InChI is InChI=1S/C12H15NO2/c1-12(13)8-7-10(12)15-11(14)9-5-3-2-4-6-9/h2-6,10H,7-8,13H2,1H3. The molecule has 0 amide bonds. The lowest BCUT2D eigenvalue weighted by Gasteiger charge is -2.42. The molecule has 0 bridgehead atoms. The number of hydrogen-bond donors (Lipinski definition) is 1. The Labute approximate surface area is 89.2 Å². The molecule has 1 saturated carbocycles. The molecule has 2 rings (SSSR count). The zero-order valence-corrected chi connectivity index (χ0v) is 8.77. The van der Waals surface area contributed by atoms with Gasteiger partial charge in [-0.05, 0) is 31.9 Å². The lowest BCUT2D eigenvalue weighted by atomic mass is 9.76. The molecule has 1 aliphatic rings. The molecule has 1 aromatic rings. The topological polar surface area (TPSA) is 52.3 Å². The van der Waals surface area contributed by atoms with Crippen LogP contribution in [0.5, 0.6) is 0 Å². The van der Waals surface area contributed by atoms with Crippen LogP contribution in [0, 0.1) is 0 Å². The minimum Gasteiger partial charge on any atom is -0.457 e. The van der Waals surface area contributed by atoms with Crippen LogP contribution in [0.1, 0.15) is 30.1 Å². The fourth-order valence-electron chi connectivity index (χ4n) is 1.68. The van der Waals surface area contributed by atoms with Gasteiger partial charge in [0.15, 0.2) is 0 Å². The summed E-state index contributed by atoms with van der Waals surface area (Å²) in [6.45, 7) is 1.92. The molecular weight excluding hydrogens is 190 g/mol. The van der Waals surface area contributed by atoms with E-state index in [1.165, 1.54) is 0 Å². The Balaban J connectivity index is 1.99. The first-order valence-electron chi connectivity index (χ1n) is 5.14. The molecule has 0 aromatic heterocycles. The van der Waals surface area contributed by atoms with E-state index in [2.05, 4.69) is 0 Å². The maximum Gasteiger partial charge on any atom is 0.338 e. The van der Waals surface area contributed by atoms with Gasteiger partial charge in [-0.15, -0.1) is 0 Å². The van der Waals surface area contributed by atoms with Crippen LogP contribution in [-0.2, 0) is 4.74 Å². The number of ether oxygens (including phenoxy) is 1. The number of benzene rings is 1. The Bertz CT molecular complexity index is 359. The minimum atomic E-state index is -0.343. The first kappa shape index (κ1) is 10.2. The summed E-state index contributed by atoms with van der Waals surface area (Å²) in [6.07, 6.45) is 1.65. The molecule has 2 unspecified atom stereocenters. The Morgan fingerprint density at radius 1 is 1.47 bits per heavy atom. The summed E-state index contributed by atoms with van der Waals surface area (Å²) in [5.41, 5.74) is 6.16. The Morgan fingerprint density at radius 2 is 2.13 bits per heavy atom. The van der Waals surface area contributed by atoms with Crippen molar-refractivity contribution in [1.29, 1.82) is 0 Å². The molecule has 1 aromatic carbocycles. The largest absolute Gasteiger partial charge is 0.457 e. The van der Waals surface area contributed by atoms with E-state index in [1.54, 1.807) is 12.1 Å². The van der Waals surface area contributed by atoms with Crippen molar-refractivity contribution in [1.82, 2.24) is 0 Å². The molecule has 0 radical (unpaired) electrons. The number of carbonyl (C=O) groups is 1. The maximum atomic E-state index is 11.7. The SMILES string of the molecule is CC1(N)CCC1OC(=O)c1ccccc1. The predicted octanol–water partition coefficient (Wildman–Crippen LogP) is 1.72. The van der Waals surface area contributed by atoms with Crippen LogP contribution in [0.4, 0.5) is 0 Å². The van der Waals surface area contributed by atoms with Crippen LogP contribution >= 0.6 is 0 Å². The van der Waals surface area contributed by atoms with Gasteiger partial charge in [0.05, 0.1) is 11.1 Å². The van der Waals surface area contributed by atoms with E-state index in [0.717, 1.165) is 12.8 Å². The third-order valence-electron chi connectivity index (χ3n) is 2.94. The fourth-order valence-corrected chi connectivity index (χ4v) is 1.68. The lowest BCUT2D eigenvalue weighted by Crippen LogP contribution is -2.58. The molecule has 2 atom stereocenters. The van der Waals surface area contributed by atoms with E-state index in [1.807, 2.05) is 25.1 Å². The Morgan fingerprint density at radius 3 is 2.60 bits per heavy atom. The summed E-state index contributed by atoms with van der Waals surface area (Å²) < 4.78 is 5.32. The summed E-state index contributed by atoms with van der Waals surface area (Å²) >= 11 is 0. The van der Waals surface area contributed by atoms with Crippen molar-refractivity contribution in [3.63, 3.8) is 0 Å². The summed E-state index contributed by atoms with van der Waals surface area (Å²) in [4.78, 5) is 11.7. The van der Waals surface area contributed by atoms with Crippen molar-refractivity contribution in [3.05, 3.63) is 35.9 Å². The van der Waals surface area contributed by atoms with Crippen molar-refractivity contribution in [2.75, 3.05) is 0 Å². The monoisotopic (exact) mass is 205 g/mol. The van der Waals surface area contributed by atoms with E-state index in [0.29, 0.717) is 5.56 Å². The van der Waals surface area contributed by atoms with Gasteiger partial charge in [0.2, 0.25) is 0 Å². The van der Waals surface area contributed by atoms with Gasteiger partial charge in [-0.25, -0.2) is 4.79 Å². The average molecular weight is 205 g/mol. The summed E-state index contributed by atoms with van der Waals surface area (Å²) in [5, 5.41) is 0. The van der Waals surface area contributed by atoms with E-state index in [4.69, 9.17) is 10.5 Å². The van der Waals surface area contributed by atoms with E-state index < -0.39 is 0 Å². The van der Waals surface area contributed by atoms with Crippen LogP contribution in [-0.4, -0.2) is 17.6 Å². The summed E-state index contributed by atoms with van der Waals surface area (Å²) in [5.74, 6) is -0.281. The number of nitrogens with two attached hydrogens (primary N) is 1. The first-order chi connectivity index (χ1) is 7.09. The van der Waals surface area contributed by atoms with Gasteiger partial charge in [-0.2, -0.15) is 0 Å². The molecule has 0 saturated heterocycles. The quantitative estimate of drug-likeness (QED) is 0.748. The van der Waals surface area contributed by atoms with E-state index in [-0.39, 0.29) is 17.6 Å². The second-order valence-corrected chi connectivity index (χ2v) is 4.30. The van der Waals surface area contributed by atoms with Gasteiger partial charge in [-0.1, -0.05) is 18.2 Å². The highest BCUT2D eigenvalue weighted by atomic mass is 16.5. The van der Waals surface area contributed by atoms with Crippen molar-refractivity contribution in [2.24, 2.45) is 5.73 Å². The highest BCUT2D eigenvalue weighted by Gasteiger charge is 2.42. The third kappa shape index (κ3) is 2.02. The molecule has 0 heterocycles. The lowest BCUT2D eigenvalue weighted by molar-refractivity contribution is -0.0293. The molecule has 3 heteroatoms. The van der Waals surface area contributed by atoms with Crippen LogP contribution < -0.4 is 5.73 Å². The molecule has 80 valence electrons. The van der Waals surface area contributed by atoms with Gasteiger partial charge < -0.3 is 10.5 Å². The number of esters is 1. The van der Waals surface area contributed by atoms with E-state index >= 15 is 0 Å². The van der Waals surface area contributed by atoms with Gasteiger partial charge in [0.25, 0.3) is 0 Å². The molecule has 3 nitrogen and oxygen atoms in total. The number of rotatable bonds is 2. The average Bonchev–Trinajstić information content (AvgIpc) is 2.25. The predicted molar refractivity (Wildman–Crippen MR) is 57.5 cm³/mol. The molecule has 1 aliphatic carbocycles. The van der Waals surface area contributed by atoms with Gasteiger partial charge >= 0.3 is 5.97 Å². The summed E-state index contributed by atoms with van der Waals surface area (Å²) in [6, 6.07) is 8.99. The minimum absolute atomic E-state index is 0.134. The van der Waals surface area contributed by atoms with Crippen molar-refractivity contribution in [3.8, 4) is 0 Å². The fraction of sp³-hybridized carbons (Fsp3) is 0.417. The molecule has 0 spiro atoms. The third-order valence-corrected chi connectivity index (χ3v) is 2.94. The second-order valence-electron chi connectivity index (χ2n) is 4.30. The molecule has 0 aliphatic heterocycles. The van der Waals surface area contributed by atoms with Crippen molar-refractivity contribution in [2.45, 2.75) is 31.4 Å². The molecule has 2 N–H and O–H groups in total. The van der Waals surface area contributed by atoms with Gasteiger partial charge in [0.1, 0.15) is 6.10 Å². The van der Waals surface area contributed by atoms with Gasteiger partial charge in [-0.3, -0.25) is 0 Å². The smallest absolute Gasteiger partial charge is 0.338 e. The zero-order chi connectivity index (χ0) is 10.9. The Kier molecular flexibility index (Phi) is 2.49.